The van der Waals surface area contributed by atoms with E-state index in [4.69, 9.17) is 4.98 Å². The topological polar surface area (TPSA) is 99.9 Å². The number of pyridine rings is 1. The SMILES string of the molecule is C/C=C(/C)C=CC/C(=C\C)CNC(=O)c1cccc2[nH]c(CN(C)C3CCCc4cccnc43)nc12.CN. The van der Waals surface area contributed by atoms with Crippen LogP contribution >= 0.6 is 0 Å². The maximum absolute atomic E-state index is 13.1. The second-order valence-electron chi connectivity index (χ2n) is 9.52. The summed E-state index contributed by atoms with van der Waals surface area (Å²) in [5, 5.41) is 3.08. The Bertz CT molecular complexity index is 1300. The minimum absolute atomic E-state index is 0.106. The molecule has 0 saturated carbocycles. The summed E-state index contributed by atoms with van der Waals surface area (Å²) in [5.41, 5.74) is 11.6. The number of hydrogen-bond donors (Lipinski definition) is 3. The summed E-state index contributed by atoms with van der Waals surface area (Å²) in [6, 6.07) is 10.2. The number of carbonyl (C=O) groups is 1. The molecule has 1 amide bonds. The maximum atomic E-state index is 13.1. The lowest BCUT2D eigenvalue weighted by atomic mass is 9.91. The molecule has 1 atom stereocenters. The van der Waals surface area contributed by atoms with Gasteiger partial charge in [0.15, 0.2) is 0 Å². The molecule has 0 saturated heterocycles. The molecular weight excluding hydrogens is 472 g/mol. The van der Waals surface area contributed by atoms with Gasteiger partial charge >= 0.3 is 0 Å². The van der Waals surface area contributed by atoms with Crippen LogP contribution in [0.15, 0.2) is 72.0 Å². The zero-order chi connectivity index (χ0) is 27.5. The molecule has 1 aromatic carbocycles. The van der Waals surface area contributed by atoms with Crippen LogP contribution in [-0.4, -0.2) is 46.4 Å². The first-order valence-corrected chi connectivity index (χ1v) is 13.4. The van der Waals surface area contributed by atoms with Crippen molar-refractivity contribution < 1.29 is 4.79 Å². The van der Waals surface area contributed by atoms with Crippen molar-refractivity contribution in [2.75, 3.05) is 20.6 Å². The van der Waals surface area contributed by atoms with Crippen molar-refractivity contribution >= 4 is 16.9 Å². The number of allylic oxidation sites excluding steroid dienone is 5. The fourth-order valence-electron chi connectivity index (χ4n) is 4.78. The van der Waals surface area contributed by atoms with Crippen LogP contribution in [0.25, 0.3) is 11.0 Å². The van der Waals surface area contributed by atoms with E-state index >= 15 is 0 Å². The van der Waals surface area contributed by atoms with Gasteiger partial charge in [-0.05, 0) is 84.3 Å². The predicted molar refractivity (Wildman–Crippen MR) is 157 cm³/mol. The van der Waals surface area contributed by atoms with Crippen molar-refractivity contribution in [1.82, 2.24) is 25.2 Å². The van der Waals surface area contributed by atoms with Gasteiger partial charge < -0.3 is 16.0 Å². The number of hydrogen-bond acceptors (Lipinski definition) is 5. The van der Waals surface area contributed by atoms with Crippen molar-refractivity contribution in [3.63, 3.8) is 0 Å². The van der Waals surface area contributed by atoms with Gasteiger partial charge in [0.05, 0.1) is 29.4 Å². The van der Waals surface area contributed by atoms with Crippen molar-refractivity contribution in [2.45, 2.75) is 59.0 Å². The number of rotatable bonds is 9. The van der Waals surface area contributed by atoms with Gasteiger partial charge in [-0.1, -0.05) is 47.6 Å². The Labute approximate surface area is 226 Å². The van der Waals surface area contributed by atoms with E-state index in [1.165, 1.54) is 29.5 Å². The summed E-state index contributed by atoms with van der Waals surface area (Å²) in [4.78, 5) is 28.3. The number of H-pyrrole nitrogens is 1. The van der Waals surface area contributed by atoms with Gasteiger partial charge in [0.2, 0.25) is 0 Å². The first kappa shape index (κ1) is 29.0. The number of para-hydroxylation sites is 1. The van der Waals surface area contributed by atoms with E-state index in [2.05, 4.69) is 70.3 Å². The van der Waals surface area contributed by atoms with E-state index in [0.29, 0.717) is 24.2 Å². The largest absolute Gasteiger partial charge is 0.348 e. The number of nitrogens with two attached hydrogens (primary N) is 1. The number of aromatic amines is 1. The Morgan fingerprint density at radius 3 is 2.79 bits per heavy atom. The summed E-state index contributed by atoms with van der Waals surface area (Å²) in [6.45, 7) is 7.29. The number of aryl methyl sites for hydroxylation is 1. The summed E-state index contributed by atoms with van der Waals surface area (Å²) in [5.74, 6) is 0.750. The summed E-state index contributed by atoms with van der Waals surface area (Å²) in [6.07, 6.45) is 14.4. The fraction of sp³-hybridized carbons (Fsp3) is 0.387. The molecule has 1 unspecified atom stereocenters. The van der Waals surface area contributed by atoms with E-state index in [9.17, 15) is 4.79 Å². The molecule has 4 rings (SSSR count). The molecule has 0 aliphatic heterocycles. The molecule has 0 radical (unpaired) electrons. The van der Waals surface area contributed by atoms with Crippen LogP contribution < -0.4 is 11.1 Å². The highest BCUT2D eigenvalue weighted by Crippen LogP contribution is 2.32. The first-order chi connectivity index (χ1) is 18.5. The molecule has 0 bridgehead atoms. The molecule has 2 heterocycles. The van der Waals surface area contributed by atoms with Gasteiger partial charge in [0.25, 0.3) is 5.91 Å². The van der Waals surface area contributed by atoms with Crippen LogP contribution in [0.5, 0.6) is 0 Å². The Morgan fingerprint density at radius 1 is 1.21 bits per heavy atom. The normalized spacial score (nSPS) is 15.9. The second-order valence-corrected chi connectivity index (χ2v) is 9.52. The molecule has 0 spiro atoms. The lowest BCUT2D eigenvalue weighted by molar-refractivity contribution is 0.0958. The average Bonchev–Trinajstić information content (AvgIpc) is 3.37. The Morgan fingerprint density at radius 2 is 2.03 bits per heavy atom. The lowest BCUT2D eigenvalue weighted by Crippen LogP contribution is -2.28. The van der Waals surface area contributed by atoms with Gasteiger partial charge in [0, 0.05) is 12.7 Å². The minimum atomic E-state index is -0.106. The van der Waals surface area contributed by atoms with Crippen LogP contribution in [0.1, 0.15) is 73.5 Å². The third-order valence-corrected chi connectivity index (χ3v) is 7.00. The third-order valence-electron chi connectivity index (χ3n) is 7.00. The van der Waals surface area contributed by atoms with Crippen molar-refractivity contribution in [3.05, 3.63) is 94.6 Å². The monoisotopic (exact) mass is 514 g/mol. The molecule has 202 valence electrons. The number of amides is 1. The highest BCUT2D eigenvalue weighted by molar-refractivity contribution is 6.04. The quantitative estimate of drug-likeness (QED) is 0.254. The van der Waals surface area contributed by atoms with Gasteiger partial charge in [-0.2, -0.15) is 0 Å². The summed E-state index contributed by atoms with van der Waals surface area (Å²) >= 11 is 0. The number of carbonyl (C=O) groups excluding carboxylic acids is 1. The van der Waals surface area contributed by atoms with Gasteiger partial charge in [0.1, 0.15) is 11.3 Å². The predicted octanol–water partition coefficient (Wildman–Crippen LogP) is 5.63. The fourth-order valence-corrected chi connectivity index (χ4v) is 4.78. The zero-order valence-electron chi connectivity index (χ0n) is 23.4. The number of imidazole rings is 1. The average molecular weight is 515 g/mol. The molecular formula is C31H42N6O. The van der Waals surface area contributed by atoms with Crippen LogP contribution in [-0.2, 0) is 13.0 Å². The summed E-state index contributed by atoms with van der Waals surface area (Å²) < 4.78 is 0. The minimum Gasteiger partial charge on any atom is -0.348 e. The number of nitrogens with zero attached hydrogens (tertiary/aromatic N) is 3. The molecule has 1 aliphatic rings. The van der Waals surface area contributed by atoms with E-state index in [1.807, 2.05) is 44.3 Å². The lowest BCUT2D eigenvalue weighted by Gasteiger charge is -2.31. The van der Waals surface area contributed by atoms with Crippen molar-refractivity contribution in [3.8, 4) is 0 Å². The Kier molecular flexibility index (Phi) is 11.0. The maximum Gasteiger partial charge on any atom is 0.253 e. The number of nitrogens with one attached hydrogen (secondary N) is 2. The Balaban J connectivity index is 0.00000195. The molecule has 4 N–H and O–H groups in total. The van der Waals surface area contributed by atoms with Crippen molar-refractivity contribution in [1.29, 1.82) is 0 Å². The van der Waals surface area contributed by atoms with Crippen LogP contribution in [0.4, 0.5) is 0 Å². The van der Waals surface area contributed by atoms with E-state index in [-0.39, 0.29) is 11.9 Å². The Hall–Kier alpha value is -3.55. The standard InChI is InChI=1S/C30H37N5O.CH5N/c1-5-21(3)11-7-12-22(6-2)19-32-30(36)24-15-9-16-25-29(24)34-27(33-25)20-35(4)26-17-8-13-23-14-10-18-31-28(23)26;1-2/h5-7,9-11,14-16,18,26H,8,12-13,17,19-20H2,1-4H3,(H,32,36)(H,33,34);2H2,1H3/b11-7?,21-5-,22-6+;. The first-order valence-electron chi connectivity index (χ1n) is 13.4. The van der Waals surface area contributed by atoms with Gasteiger partial charge in [-0.3, -0.25) is 14.7 Å². The highest BCUT2D eigenvalue weighted by Gasteiger charge is 2.25. The number of fused-ring (bicyclic) bond motifs is 2. The van der Waals surface area contributed by atoms with E-state index in [0.717, 1.165) is 37.0 Å². The third kappa shape index (κ3) is 7.27. The highest BCUT2D eigenvalue weighted by atomic mass is 16.1. The number of benzene rings is 1. The smallest absolute Gasteiger partial charge is 0.253 e. The molecule has 7 heteroatoms. The molecule has 2 aromatic heterocycles. The van der Waals surface area contributed by atoms with Crippen LogP contribution in [0.2, 0.25) is 0 Å². The molecule has 0 fully saturated rings. The van der Waals surface area contributed by atoms with E-state index < -0.39 is 0 Å². The molecule has 3 aromatic rings. The zero-order valence-corrected chi connectivity index (χ0v) is 23.4. The number of aromatic nitrogens is 3. The summed E-state index contributed by atoms with van der Waals surface area (Å²) in [7, 11) is 3.63. The molecule has 38 heavy (non-hydrogen) atoms. The van der Waals surface area contributed by atoms with E-state index in [1.54, 1.807) is 0 Å². The molecule has 7 nitrogen and oxygen atoms in total. The van der Waals surface area contributed by atoms with Crippen molar-refractivity contribution in [2.24, 2.45) is 5.73 Å². The molecule has 1 aliphatic carbocycles. The van der Waals surface area contributed by atoms with Crippen LogP contribution in [0, 0.1) is 0 Å². The second kappa shape index (κ2) is 14.4. The van der Waals surface area contributed by atoms with Gasteiger partial charge in [-0.15, -0.1) is 0 Å². The van der Waals surface area contributed by atoms with Crippen LogP contribution in [0.3, 0.4) is 0 Å². The van der Waals surface area contributed by atoms with Gasteiger partial charge in [-0.25, -0.2) is 4.98 Å².